The largest absolute Gasteiger partial charge is 0.491 e. The summed E-state index contributed by atoms with van der Waals surface area (Å²) in [6.45, 7) is 2.40. The summed E-state index contributed by atoms with van der Waals surface area (Å²) in [6.07, 6.45) is 4.06. The fourth-order valence-electron chi connectivity index (χ4n) is 2.63. The van der Waals surface area contributed by atoms with E-state index in [2.05, 4.69) is 17.3 Å². The average Bonchev–Trinajstić information content (AvgIpc) is 2.47. The van der Waals surface area contributed by atoms with Crippen molar-refractivity contribution in [3.63, 3.8) is 0 Å². The Kier molecular flexibility index (Phi) is 5.87. The van der Waals surface area contributed by atoms with Crippen molar-refractivity contribution in [2.24, 2.45) is 5.73 Å². The van der Waals surface area contributed by atoms with Crippen molar-refractivity contribution in [2.45, 2.75) is 31.7 Å². The number of primary amides is 1. The Morgan fingerprint density at radius 2 is 2.24 bits per heavy atom. The third-order valence-electron chi connectivity index (χ3n) is 3.94. The number of nitrogens with one attached hydrogen (secondary N) is 1. The number of piperidine rings is 1. The number of ether oxygens (including phenoxy) is 1. The first-order valence-electron chi connectivity index (χ1n) is 7.61. The molecule has 1 aromatic rings. The van der Waals surface area contributed by atoms with Crippen LogP contribution < -0.4 is 15.8 Å². The molecule has 5 heteroatoms. The minimum atomic E-state index is -0.343. The highest BCUT2D eigenvalue weighted by Gasteiger charge is 2.18. The van der Waals surface area contributed by atoms with Gasteiger partial charge in [-0.3, -0.25) is 4.79 Å². The van der Waals surface area contributed by atoms with Crippen molar-refractivity contribution in [3.05, 3.63) is 24.3 Å². The molecule has 0 spiro atoms. The highest BCUT2D eigenvalue weighted by atomic mass is 16.5. The maximum absolute atomic E-state index is 10.8. The van der Waals surface area contributed by atoms with Crippen molar-refractivity contribution in [1.29, 1.82) is 0 Å². The van der Waals surface area contributed by atoms with Crippen LogP contribution in [0.3, 0.4) is 0 Å². The molecule has 2 rings (SSSR count). The number of hydrogen-bond acceptors (Lipinski definition) is 4. The fraction of sp³-hybridized carbons (Fsp3) is 0.562. The van der Waals surface area contributed by atoms with Crippen LogP contribution in [0.4, 0.5) is 5.69 Å². The predicted molar refractivity (Wildman–Crippen MR) is 84.5 cm³/mol. The van der Waals surface area contributed by atoms with E-state index in [9.17, 15) is 4.79 Å². The van der Waals surface area contributed by atoms with E-state index in [1.54, 1.807) is 0 Å². The van der Waals surface area contributed by atoms with Gasteiger partial charge in [0.05, 0.1) is 18.7 Å². The number of benzene rings is 1. The van der Waals surface area contributed by atoms with Crippen LogP contribution >= 0.6 is 0 Å². The van der Waals surface area contributed by atoms with Crippen LogP contribution in [0.25, 0.3) is 0 Å². The maximum atomic E-state index is 10.8. The monoisotopic (exact) mass is 291 g/mol. The number of nitrogens with zero attached hydrogens (tertiary/aromatic N) is 1. The van der Waals surface area contributed by atoms with Crippen LogP contribution in [0, 0.1) is 0 Å². The summed E-state index contributed by atoms with van der Waals surface area (Å²) in [7, 11) is 2.18. The van der Waals surface area contributed by atoms with Gasteiger partial charge >= 0.3 is 0 Å². The quantitative estimate of drug-likeness (QED) is 0.804. The summed E-state index contributed by atoms with van der Waals surface area (Å²) in [5.74, 6) is 0.432. The van der Waals surface area contributed by atoms with Gasteiger partial charge in [-0.25, -0.2) is 0 Å². The van der Waals surface area contributed by atoms with Crippen molar-refractivity contribution < 1.29 is 9.53 Å². The van der Waals surface area contributed by atoms with Gasteiger partial charge in [0.2, 0.25) is 5.91 Å². The first-order valence-corrected chi connectivity index (χ1v) is 7.61. The standard InChI is InChI=1S/C16H25N3O2/c1-19-10-5-4-6-13(19)12-18-14-7-2-3-8-15(14)21-11-9-16(17)20/h2-3,7-8,13,18H,4-6,9-12H2,1H3,(H2,17,20). The van der Waals surface area contributed by atoms with Crippen LogP contribution in [0.2, 0.25) is 0 Å². The topological polar surface area (TPSA) is 67.6 Å². The first kappa shape index (κ1) is 15.6. The molecule has 0 bridgehead atoms. The van der Waals surface area contributed by atoms with E-state index in [-0.39, 0.29) is 12.3 Å². The molecule has 1 atom stereocenters. The second-order valence-electron chi connectivity index (χ2n) is 5.57. The molecule has 1 heterocycles. The minimum absolute atomic E-state index is 0.236. The molecule has 0 aromatic heterocycles. The molecule has 0 aliphatic carbocycles. The number of carbonyl (C=O) groups is 1. The minimum Gasteiger partial charge on any atom is -0.491 e. The molecule has 21 heavy (non-hydrogen) atoms. The van der Waals surface area contributed by atoms with Gasteiger partial charge in [0.15, 0.2) is 0 Å². The lowest BCUT2D eigenvalue weighted by atomic mass is 10.0. The third-order valence-corrected chi connectivity index (χ3v) is 3.94. The molecule has 1 aliphatic rings. The van der Waals surface area contributed by atoms with Crippen LogP contribution in [-0.4, -0.2) is 43.6 Å². The van der Waals surface area contributed by atoms with Gasteiger partial charge in [0, 0.05) is 12.6 Å². The Hall–Kier alpha value is -1.75. The number of hydrogen-bond donors (Lipinski definition) is 2. The Morgan fingerprint density at radius 1 is 1.43 bits per heavy atom. The molecule has 1 aromatic carbocycles. The summed E-state index contributed by atoms with van der Waals surface area (Å²) in [5, 5.41) is 3.47. The summed E-state index contributed by atoms with van der Waals surface area (Å²) in [4.78, 5) is 13.2. The molecule has 1 aliphatic heterocycles. The first-order chi connectivity index (χ1) is 10.2. The molecule has 3 N–H and O–H groups in total. The number of anilines is 1. The Balaban J connectivity index is 1.88. The van der Waals surface area contributed by atoms with E-state index in [0.717, 1.165) is 18.0 Å². The van der Waals surface area contributed by atoms with E-state index in [1.165, 1.54) is 25.8 Å². The molecular weight excluding hydrogens is 266 g/mol. The zero-order valence-electron chi connectivity index (χ0n) is 12.7. The predicted octanol–water partition coefficient (Wildman–Crippen LogP) is 1.84. The number of rotatable bonds is 7. The summed E-state index contributed by atoms with van der Waals surface area (Å²) in [5.41, 5.74) is 6.10. The Bertz CT molecular complexity index is 465. The lowest BCUT2D eigenvalue weighted by Gasteiger charge is -2.32. The highest BCUT2D eigenvalue weighted by Crippen LogP contribution is 2.25. The number of likely N-dealkylation sites (tertiary alicyclic amines) is 1. The van der Waals surface area contributed by atoms with Crippen LogP contribution in [0.1, 0.15) is 25.7 Å². The SMILES string of the molecule is CN1CCCCC1CNc1ccccc1OCCC(N)=O. The molecule has 0 saturated carbocycles. The molecule has 1 amide bonds. The molecule has 5 nitrogen and oxygen atoms in total. The lowest BCUT2D eigenvalue weighted by Crippen LogP contribution is -2.40. The lowest BCUT2D eigenvalue weighted by molar-refractivity contribution is -0.118. The smallest absolute Gasteiger partial charge is 0.220 e. The van der Waals surface area contributed by atoms with E-state index in [0.29, 0.717) is 12.6 Å². The van der Waals surface area contributed by atoms with Gasteiger partial charge in [-0.1, -0.05) is 18.6 Å². The van der Waals surface area contributed by atoms with Crippen molar-refractivity contribution >= 4 is 11.6 Å². The van der Waals surface area contributed by atoms with Crippen LogP contribution in [-0.2, 0) is 4.79 Å². The van der Waals surface area contributed by atoms with Gasteiger partial charge in [-0.05, 0) is 38.6 Å². The maximum Gasteiger partial charge on any atom is 0.220 e. The second-order valence-corrected chi connectivity index (χ2v) is 5.57. The van der Waals surface area contributed by atoms with Gasteiger partial charge in [0.25, 0.3) is 0 Å². The molecular formula is C16H25N3O2. The molecule has 0 radical (unpaired) electrons. The zero-order chi connectivity index (χ0) is 15.1. The third kappa shape index (κ3) is 4.93. The number of likely N-dealkylation sites (N-methyl/N-ethyl adjacent to an activating group) is 1. The number of amides is 1. The molecule has 116 valence electrons. The highest BCUT2D eigenvalue weighted by molar-refractivity contribution is 5.73. The molecule has 1 unspecified atom stereocenters. The number of carbonyl (C=O) groups excluding carboxylic acids is 1. The normalized spacial score (nSPS) is 19.2. The van der Waals surface area contributed by atoms with Gasteiger partial charge in [-0.2, -0.15) is 0 Å². The number of nitrogens with two attached hydrogens (primary N) is 1. The average molecular weight is 291 g/mol. The van der Waals surface area contributed by atoms with Crippen molar-refractivity contribution in [1.82, 2.24) is 4.90 Å². The van der Waals surface area contributed by atoms with Gasteiger partial charge in [0.1, 0.15) is 5.75 Å². The molecule has 1 saturated heterocycles. The van der Waals surface area contributed by atoms with E-state index in [4.69, 9.17) is 10.5 Å². The van der Waals surface area contributed by atoms with E-state index >= 15 is 0 Å². The fourth-order valence-corrected chi connectivity index (χ4v) is 2.63. The Morgan fingerprint density at radius 3 is 3.00 bits per heavy atom. The zero-order valence-corrected chi connectivity index (χ0v) is 12.7. The van der Waals surface area contributed by atoms with Crippen molar-refractivity contribution in [2.75, 3.05) is 32.1 Å². The van der Waals surface area contributed by atoms with Crippen LogP contribution in [0.15, 0.2) is 24.3 Å². The molecule has 1 fully saturated rings. The summed E-state index contributed by atoms with van der Waals surface area (Å²) in [6, 6.07) is 8.39. The number of para-hydroxylation sites is 2. The van der Waals surface area contributed by atoms with Gasteiger partial charge in [-0.15, -0.1) is 0 Å². The second kappa shape index (κ2) is 7.88. The van der Waals surface area contributed by atoms with E-state index < -0.39 is 0 Å². The Labute approximate surface area is 126 Å². The summed E-state index contributed by atoms with van der Waals surface area (Å²) < 4.78 is 5.64. The van der Waals surface area contributed by atoms with Crippen molar-refractivity contribution in [3.8, 4) is 5.75 Å². The van der Waals surface area contributed by atoms with Crippen LogP contribution in [0.5, 0.6) is 5.75 Å². The summed E-state index contributed by atoms with van der Waals surface area (Å²) >= 11 is 0. The van der Waals surface area contributed by atoms with E-state index in [1.807, 2.05) is 24.3 Å². The van der Waals surface area contributed by atoms with Gasteiger partial charge < -0.3 is 20.7 Å².